The van der Waals surface area contributed by atoms with Crippen LogP contribution in [0.3, 0.4) is 0 Å². The Morgan fingerprint density at radius 2 is 2.00 bits per heavy atom. The van der Waals surface area contributed by atoms with Crippen molar-refractivity contribution in [2.45, 2.75) is 39.8 Å². The zero-order valence-corrected chi connectivity index (χ0v) is 11.1. The molecule has 1 rings (SSSR count). The minimum Gasteiger partial charge on any atom is -0.494 e. The highest BCUT2D eigenvalue weighted by atomic mass is 19.1. The molecule has 0 spiro atoms. The quantitative estimate of drug-likeness (QED) is 0.822. The molecule has 0 aliphatic carbocycles. The van der Waals surface area contributed by atoms with Crippen molar-refractivity contribution in [1.29, 1.82) is 0 Å². The summed E-state index contributed by atoms with van der Waals surface area (Å²) >= 11 is 0. The second-order valence-electron chi connectivity index (χ2n) is 4.84. The molecule has 0 aliphatic heterocycles. The molecule has 1 atom stereocenters. The molecule has 1 aromatic rings. The van der Waals surface area contributed by atoms with Gasteiger partial charge in [-0.05, 0) is 25.3 Å². The highest BCUT2D eigenvalue weighted by Gasteiger charge is 2.10. The first-order valence-corrected chi connectivity index (χ1v) is 6.09. The van der Waals surface area contributed by atoms with Crippen LogP contribution in [0.5, 0.6) is 5.75 Å². The van der Waals surface area contributed by atoms with Crippen molar-refractivity contribution in [3.05, 3.63) is 29.6 Å². The van der Waals surface area contributed by atoms with Crippen molar-refractivity contribution in [2.24, 2.45) is 5.92 Å². The summed E-state index contributed by atoms with van der Waals surface area (Å²) in [6.45, 7) is 7.03. The van der Waals surface area contributed by atoms with Crippen molar-refractivity contribution >= 4 is 0 Å². The fraction of sp³-hybridized carbons (Fsp3) is 0.571. The van der Waals surface area contributed by atoms with Gasteiger partial charge < -0.3 is 10.1 Å². The first-order chi connectivity index (χ1) is 8.04. The number of hydrogen-bond acceptors (Lipinski definition) is 2. The zero-order valence-electron chi connectivity index (χ0n) is 11.1. The Labute approximate surface area is 103 Å². The maximum Gasteiger partial charge on any atom is 0.169 e. The van der Waals surface area contributed by atoms with Crippen LogP contribution in [0.15, 0.2) is 18.2 Å². The van der Waals surface area contributed by atoms with Crippen molar-refractivity contribution in [3.63, 3.8) is 0 Å². The van der Waals surface area contributed by atoms with E-state index >= 15 is 0 Å². The third-order valence-electron chi connectivity index (χ3n) is 2.73. The van der Waals surface area contributed by atoms with Crippen LogP contribution in [-0.4, -0.2) is 13.2 Å². The number of ether oxygens (including phenoxy) is 1. The number of nitrogens with one attached hydrogen (secondary N) is 1. The first-order valence-electron chi connectivity index (χ1n) is 6.09. The molecule has 17 heavy (non-hydrogen) atoms. The summed E-state index contributed by atoms with van der Waals surface area (Å²) in [6.07, 6.45) is 1.09. The Morgan fingerprint density at radius 1 is 1.29 bits per heavy atom. The number of benzene rings is 1. The van der Waals surface area contributed by atoms with E-state index in [1.165, 1.54) is 7.11 Å². The third-order valence-corrected chi connectivity index (χ3v) is 2.73. The van der Waals surface area contributed by atoms with E-state index in [2.05, 4.69) is 26.1 Å². The van der Waals surface area contributed by atoms with Gasteiger partial charge in [0.1, 0.15) is 0 Å². The monoisotopic (exact) mass is 239 g/mol. The van der Waals surface area contributed by atoms with Gasteiger partial charge in [-0.2, -0.15) is 0 Å². The highest BCUT2D eigenvalue weighted by Crippen LogP contribution is 2.19. The molecular weight excluding hydrogens is 217 g/mol. The molecule has 0 heterocycles. The van der Waals surface area contributed by atoms with Gasteiger partial charge >= 0.3 is 0 Å². The molecule has 2 nitrogen and oxygen atoms in total. The Morgan fingerprint density at radius 3 is 2.59 bits per heavy atom. The molecule has 0 saturated carbocycles. The third kappa shape index (κ3) is 4.35. The summed E-state index contributed by atoms with van der Waals surface area (Å²) in [6, 6.07) is 5.62. The molecule has 0 aliphatic rings. The van der Waals surface area contributed by atoms with Crippen LogP contribution in [0.25, 0.3) is 0 Å². The molecule has 3 heteroatoms. The minimum absolute atomic E-state index is 0.265. The normalized spacial score (nSPS) is 12.8. The van der Waals surface area contributed by atoms with E-state index < -0.39 is 0 Å². The summed E-state index contributed by atoms with van der Waals surface area (Å²) in [5.41, 5.74) is 0.653. The summed E-state index contributed by atoms with van der Waals surface area (Å²) < 4.78 is 18.8. The lowest BCUT2D eigenvalue weighted by atomic mass is 10.0. The van der Waals surface area contributed by atoms with Gasteiger partial charge in [0.15, 0.2) is 11.6 Å². The smallest absolute Gasteiger partial charge is 0.169 e. The Bertz CT molecular complexity index is 352. The lowest BCUT2D eigenvalue weighted by Crippen LogP contribution is -2.27. The Balaban J connectivity index is 2.57. The molecule has 0 fully saturated rings. The molecule has 1 aromatic carbocycles. The second kappa shape index (κ2) is 6.60. The van der Waals surface area contributed by atoms with Gasteiger partial charge in [-0.15, -0.1) is 0 Å². The van der Waals surface area contributed by atoms with E-state index in [1.54, 1.807) is 12.1 Å². The minimum atomic E-state index is -0.265. The molecular formula is C14H22FNO. The van der Waals surface area contributed by atoms with Crippen molar-refractivity contribution < 1.29 is 9.13 Å². The average molecular weight is 239 g/mol. The fourth-order valence-electron chi connectivity index (χ4n) is 1.93. The van der Waals surface area contributed by atoms with Gasteiger partial charge in [-0.3, -0.25) is 0 Å². The predicted molar refractivity (Wildman–Crippen MR) is 68.7 cm³/mol. The summed E-state index contributed by atoms with van der Waals surface area (Å²) in [7, 11) is 1.48. The van der Waals surface area contributed by atoms with Crippen LogP contribution < -0.4 is 10.1 Å². The fourth-order valence-corrected chi connectivity index (χ4v) is 1.93. The Hall–Kier alpha value is -1.09. The van der Waals surface area contributed by atoms with Crippen molar-refractivity contribution in [2.75, 3.05) is 7.11 Å². The van der Waals surface area contributed by atoms with Gasteiger partial charge in [-0.1, -0.05) is 26.0 Å². The average Bonchev–Trinajstić information content (AvgIpc) is 2.27. The number of halogens is 1. The first kappa shape index (κ1) is 14.0. The van der Waals surface area contributed by atoms with Gasteiger partial charge in [0.2, 0.25) is 0 Å². The van der Waals surface area contributed by atoms with Crippen LogP contribution in [-0.2, 0) is 6.54 Å². The second-order valence-corrected chi connectivity index (χ2v) is 4.84. The molecule has 0 aromatic heterocycles. The van der Waals surface area contributed by atoms with Gasteiger partial charge in [0.05, 0.1) is 7.11 Å². The van der Waals surface area contributed by atoms with E-state index in [-0.39, 0.29) is 5.82 Å². The number of rotatable bonds is 6. The van der Waals surface area contributed by atoms with E-state index in [0.717, 1.165) is 6.42 Å². The lowest BCUT2D eigenvalue weighted by molar-refractivity contribution is 0.381. The van der Waals surface area contributed by atoms with Crippen LogP contribution >= 0.6 is 0 Å². The number of hydrogen-bond donors (Lipinski definition) is 1. The van der Waals surface area contributed by atoms with E-state index in [1.807, 2.05) is 6.07 Å². The topological polar surface area (TPSA) is 21.3 Å². The van der Waals surface area contributed by atoms with Gasteiger partial charge in [-0.25, -0.2) is 4.39 Å². The van der Waals surface area contributed by atoms with Crippen LogP contribution in [0, 0.1) is 11.7 Å². The van der Waals surface area contributed by atoms with Crippen LogP contribution in [0.1, 0.15) is 32.8 Å². The molecule has 0 radical (unpaired) electrons. The van der Waals surface area contributed by atoms with Crippen LogP contribution in [0.4, 0.5) is 4.39 Å². The largest absolute Gasteiger partial charge is 0.494 e. The SMILES string of the molecule is COc1cccc(CNC(C)CC(C)C)c1F. The predicted octanol–water partition coefficient (Wildman–Crippen LogP) is 3.36. The maximum atomic E-state index is 13.8. The van der Waals surface area contributed by atoms with Gasteiger partial charge in [0.25, 0.3) is 0 Å². The summed E-state index contributed by atoms with van der Waals surface area (Å²) in [5.74, 6) is 0.688. The molecule has 0 saturated heterocycles. The van der Waals surface area contributed by atoms with E-state index in [4.69, 9.17) is 4.74 Å². The van der Waals surface area contributed by atoms with E-state index in [9.17, 15) is 4.39 Å². The van der Waals surface area contributed by atoms with Crippen molar-refractivity contribution in [1.82, 2.24) is 5.32 Å². The molecule has 0 bridgehead atoms. The standard InChI is InChI=1S/C14H22FNO/c1-10(2)8-11(3)16-9-12-6-5-7-13(17-4)14(12)15/h5-7,10-11,16H,8-9H2,1-4H3. The molecule has 1 unspecified atom stereocenters. The molecule has 1 N–H and O–H groups in total. The molecule has 96 valence electrons. The van der Waals surface area contributed by atoms with E-state index in [0.29, 0.717) is 29.8 Å². The van der Waals surface area contributed by atoms with Crippen LogP contribution in [0.2, 0.25) is 0 Å². The summed E-state index contributed by atoms with van der Waals surface area (Å²) in [5, 5.41) is 3.33. The lowest BCUT2D eigenvalue weighted by Gasteiger charge is -2.16. The highest BCUT2D eigenvalue weighted by molar-refractivity contribution is 5.30. The maximum absolute atomic E-state index is 13.8. The summed E-state index contributed by atoms with van der Waals surface area (Å²) in [4.78, 5) is 0. The van der Waals surface area contributed by atoms with Crippen molar-refractivity contribution in [3.8, 4) is 5.75 Å². The molecule has 0 amide bonds. The zero-order chi connectivity index (χ0) is 12.8. The van der Waals surface area contributed by atoms with Gasteiger partial charge in [0, 0.05) is 18.2 Å². The number of methoxy groups -OCH3 is 1. The Kier molecular flexibility index (Phi) is 5.42.